The molecule has 0 unspecified atom stereocenters. The SMILES string of the molecule is O=C(NCCC1=CCCC1)c1ccc(Cl)nc1Cl. The molecule has 5 heteroatoms. The summed E-state index contributed by atoms with van der Waals surface area (Å²) < 4.78 is 0. The molecule has 0 radical (unpaired) electrons. The Bertz CT molecular complexity index is 486. The Balaban J connectivity index is 1.87. The van der Waals surface area contributed by atoms with E-state index in [1.807, 2.05) is 0 Å². The number of hydrogen-bond donors (Lipinski definition) is 1. The summed E-state index contributed by atoms with van der Waals surface area (Å²) in [5, 5.41) is 3.26. The van der Waals surface area contributed by atoms with E-state index in [0.717, 1.165) is 19.3 Å². The fraction of sp³-hybridized carbons (Fsp3) is 0.385. The molecule has 18 heavy (non-hydrogen) atoms. The number of hydrogen-bond acceptors (Lipinski definition) is 2. The Hall–Kier alpha value is -1.06. The minimum absolute atomic E-state index is 0.139. The Morgan fingerprint density at radius 2 is 2.22 bits per heavy atom. The van der Waals surface area contributed by atoms with Gasteiger partial charge >= 0.3 is 0 Å². The highest BCUT2D eigenvalue weighted by Crippen LogP contribution is 2.20. The van der Waals surface area contributed by atoms with E-state index in [0.29, 0.717) is 12.1 Å². The van der Waals surface area contributed by atoms with Gasteiger partial charge in [0.05, 0.1) is 5.56 Å². The fourth-order valence-corrected chi connectivity index (χ4v) is 2.41. The third-order valence-corrected chi connectivity index (χ3v) is 3.42. The highest BCUT2D eigenvalue weighted by molar-refractivity contribution is 6.34. The van der Waals surface area contributed by atoms with Crippen LogP contribution in [0.4, 0.5) is 0 Å². The summed E-state index contributed by atoms with van der Waals surface area (Å²) in [6.07, 6.45) is 6.71. The Morgan fingerprint density at radius 1 is 1.39 bits per heavy atom. The molecule has 1 aromatic heterocycles. The van der Waals surface area contributed by atoms with Crippen molar-refractivity contribution >= 4 is 29.1 Å². The van der Waals surface area contributed by atoms with E-state index in [-0.39, 0.29) is 16.2 Å². The number of halogens is 2. The summed E-state index contributed by atoms with van der Waals surface area (Å²) >= 11 is 11.5. The average molecular weight is 285 g/mol. The van der Waals surface area contributed by atoms with Crippen LogP contribution in [0.1, 0.15) is 36.0 Å². The Kier molecular flexibility index (Phi) is 4.61. The van der Waals surface area contributed by atoms with Crippen molar-refractivity contribution < 1.29 is 4.79 Å². The number of amides is 1. The van der Waals surface area contributed by atoms with Crippen LogP contribution >= 0.6 is 23.2 Å². The quantitative estimate of drug-likeness (QED) is 0.678. The number of aromatic nitrogens is 1. The van der Waals surface area contributed by atoms with Gasteiger partial charge in [-0.3, -0.25) is 4.79 Å². The van der Waals surface area contributed by atoms with Gasteiger partial charge in [0.15, 0.2) is 0 Å². The van der Waals surface area contributed by atoms with E-state index < -0.39 is 0 Å². The van der Waals surface area contributed by atoms with E-state index in [4.69, 9.17) is 23.2 Å². The lowest BCUT2D eigenvalue weighted by atomic mass is 10.1. The van der Waals surface area contributed by atoms with Crippen LogP contribution in [0.25, 0.3) is 0 Å². The van der Waals surface area contributed by atoms with Crippen LogP contribution < -0.4 is 5.32 Å². The molecule has 1 aliphatic carbocycles. The van der Waals surface area contributed by atoms with Crippen LogP contribution in [0.5, 0.6) is 0 Å². The van der Waals surface area contributed by atoms with Crippen molar-refractivity contribution in [1.82, 2.24) is 10.3 Å². The Labute approximate surface area is 116 Å². The van der Waals surface area contributed by atoms with E-state index in [1.165, 1.54) is 12.0 Å². The molecule has 2 rings (SSSR count). The first kappa shape index (κ1) is 13.4. The topological polar surface area (TPSA) is 42.0 Å². The van der Waals surface area contributed by atoms with Crippen molar-refractivity contribution in [2.75, 3.05) is 6.54 Å². The van der Waals surface area contributed by atoms with Gasteiger partial charge < -0.3 is 5.32 Å². The van der Waals surface area contributed by atoms with E-state index in [1.54, 1.807) is 12.1 Å². The number of rotatable bonds is 4. The number of nitrogens with zero attached hydrogens (tertiary/aromatic N) is 1. The second-order valence-electron chi connectivity index (χ2n) is 4.23. The molecule has 0 aromatic carbocycles. The molecule has 1 N–H and O–H groups in total. The van der Waals surface area contributed by atoms with Crippen LogP contribution in [0.2, 0.25) is 10.3 Å². The van der Waals surface area contributed by atoms with Crippen LogP contribution in [0.15, 0.2) is 23.8 Å². The largest absolute Gasteiger partial charge is 0.352 e. The van der Waals surface area contributed by atoms with E-state index in [9.17, 15) is 4.79 Å². The lowest BCUT2D eigenvalue weighted by molar-refractivity contribution is 0.0954. The summed E-state index contributed by atoms with van der Waals surface area (Å²) in [4.78, 5) is 15.7. The minimum atomic E-state index is -0.206. The predicted octanol–water partition coefficient (Wildman–Crippen LogP) is 3.62. The molecule has 0 spiro atoms. The van der Waals surface area contributed by atoms with Gasteiger partial charge in [0.1, 0.15) is 10.3 Å². The van der Waals surface area contributed by atoms with Crippen LogP contribution in [0.3, 0.4) is 0 Å². The van der Waals surface area contributed by atoms with Crippen LogP contribution in [0, 0.1) is 0 Å². The second-order valence-corrected chi connectivity index (χ2v) is 4.98. The lowest BCUT2D eigenvalue weighted by Crippen LogP contribution is -2.25. The highest BCUT2D eigenvalue weighted by Gasteiger charge is 2.12. The molecule has 1 heterocycles. The van der Waals surface area contributed by atoms with Crippen molar-refractivity contribution in [3.05, 3.63) is 39.7 Å². The minimum Gasteiger partial charge on any atom is -0.352 e. The van der Waals surface area contributed by atoms with Gasteiger partial charge in [-0.15, -0.1) is 0 Å². The summed E-state index contributed by atoms with van der Waals surface area (Å²) in [7, 11) is 0. The molecule has 0 fully saturated rings. The molecule has 1 aliphatic rings. The molecule has 0 saturated carbocycles. The first-order valence-corrected chi connectivity index (χ1v) is 6.70. The standard InChI is InChI=1S/C13H14Cl2N2O/c14-11-6-5-10(12(15)17-11)13(18)16-8-7-9-3-1-2-4-9/h3,5-6H,1-2,4,7-8H2,(H,16,18). The van der Waals surface area contributed by atoms with Gasteiger partial charge in [-0.25, -0.2) is 4.98 Å². The number of carbonyl (C=O) groups excluding carboxylic acids is 1. The molecular formula is C13H14Cl2N2O. The van der Waals surface area contributed by atoms with Crippen molar-refractivity contribution in [3.63, 3.8) is 0 Å². The number of pyridine rings is 1. The molecule has 1 amide bonds. The highest BCUT2D eigenvalue weighted by atomic mass is 35.5. The summed E-state index contributed by atoms with van der Waals surface area (Å²) in [6.45, 7) is 0.629. The molecule has 96 valence electrons. The van der Waals surface area contributed by atoms with Crippen molar-refractivity contribution in [3.8, 4) is 0 Å². The maximum atomic E-state index is 11.9. The van der Waals surface area contributed by atoms with Gasteiger partial charge in [0, 0.05) is 6.54 Å². The lowest BCUT2D eigenvalue weighted by Gasteiger charge is -2.07. The average Bonchev–Trinajstić information content (AvgIpc) is 2.81. The molecule has 0 aliphatic heterocycles. The number of carbonyl (C=O) groups is 1. The normalized spacial score (nSPS) is 14.4. The zero-order valence-corrected chi connectivity index (χ0v) is 11.4. The molecular weight excluding hydrogens is 271 g/mol. The molecule has 1 aromatic rings. The molecule has 3 nitrogen and oxygen atoms in total. The zero-order chi connectivity index (χ0) is 13.0. The molecule has 0 saturated heterocycles. The summed E-state index contributed by atoms with van der Waals surface area (Å²) in [5.41, 5.74) is 1.79. The monoisotopic (exact) mass is 284 g/mol. The number of nitrogens with one attached hydrogen (secondary N) is 1. The molecule has 0 bridgehead atoms. The zero-order valence-electron chi connectivity index (χ0n) is 9.88. The van der Waals surface area contributed by atoms with Gasteiger partial charge in [-0.1, -0.05) is 34.9 Å². The van der Waals surface area contributed by atoms with Gasteiger partial charge in [0.25, 0.3) is 5.91 Å². The van der Waals surface area contributed by atoms with E-state index >= 15 is 0 Å². The smallest absolute Gasteiger partial charge is 0.254 e. The summed E-state index contributed by atoms with van der Waals surface area (Å²) in [5.74, 6) is -0.206. The van der Waals surface area contributed by atoms with Crippen LogP contribution in [-0.2, 0) is 0 Å². The third kappa shape index (κ3) is 3.47. The van der Waals surface area contributed by atoms with E-state index in [2.05, 4.69) is 16.4 Å². The van der Waals surface area contributed by atoms with Crippen molar-refractivity contribution in [2.24, 2.45) is 0 Å². The summed E-state index contributed by atoms with van der Waals surface area (Å²) in [6, 6.07) is 3.14. The number of allylic oxidation sites excluding steroid dienone is 1. The van der Waals surface area contributed by atoms with Gasteiger partial charge in [0.2, 0.25) is 0 Å². The Morgan fingerprint density at radius 3 is 2.89 bits per heavy atom. The van der Waals surface area contributed by atoms with Crippen molar-refractivity contribution in [1.29, 1.82) is 0 Å². The maximum absolute atomic E-state index is 11.9. The first-order valence-electron chi connectivity index (χ1n) is 5.95. The van der Waals surface area contributed by atoms with Gasteiger partial charge in [-0.2, -0.15) is 0 Å². The van der Waals surface area contributed by atoms with Crippen LogP contribution in [-0.4, -0.2) is 17.4 Å². The maximum Gasteiger partial charge on any atom is 0.254 e. The second kappa shape index (κ2) is 6.21. The van der Waals surface area contributed by atoms with Gasteiger partial charge in [-0.05, 0) is 37.8 Å². The first-order chi connectivity index (χ1) is 8.66. The fourth-order valence-electron chi connectivity index (χ4n) is 1.98. The predicted molar refractivity (Wildman–Crippen MR) is 73.1 cm³/mol. The third-order valence-electron chi connectivity index (χ3n) is 2.93. The van der Waals surface area contributed by atoms with Crippen molar-refractivity contribution in [2.45, 2.75) is 25.7 Å². The molecule has 0 atom stereocenters.